The number of rotatable bonds is 2. The lowest BCUT2D eigenvalue weighted by atomic mass is 9.86. The maximum absolute atomic E-state index is 14.4. The molecule has 0 radical (unpaired) electrons. The van der Waals surface area contributed by atoms with Gasteiger partial charge in [-0.05, 0) is 47.0 Å². The zero-order chi connectivity index (χ0) is 31.9. The fourth-order valence-corrected chi connectivity index (χ4v) is 5.37. The topological polar surface area (TPSA) is 167 Å². The van der Waals surface area contributed by atoms with Gasteiger partial charge in [0.2, 0.25) is 0 Å². The maximum Gasteiger partial charge on any atom is 0.159 e. The van der Waals surface area contributed by atoms with E-state index in [1.807, 2.05) is 18.2 Å². The summed E-state index contributed by atoms with van der Waals surface area (Å²) >= 11 is 0. The number of benzene rings is 3. The molecule has 0 unspecified atom stereocenters. The molecule has 5 rings (SSSR count). The van der Waals surface area contributed by atoms with E-state index in [1.54, 1.807) is 24.3 Å². The standard InChI is InChI=1S/C33H7F4N7/c34-24-3-1-15(5-26(24)36)28-21(12-42)19-7-20-30(17(8-38)9-39)29(16-2-4-25(35)27(37)6-16)22(13-43)32(20)23(14-44)33(19)31(28)18(10-40)11-41/h1-7H. The van der Waals surface area contributed by atoms with Gasteiger partial charge in [0, 0.05) is 39.0 Å². The van der Waals surface area contributed by atoms with Gasteiger partial charge in [-0.15, -0.1) is 0 Å². The second kappa shape index (κ2) is 10.6. The molecule has 0 fully saturated rings. The molecule has 11 heteroatoms. The van der Waals surface area contributed by atoms with E-state index >= 15 is 0 Å². The maximum atomic E-state index is 14.4. The summed E-state index contributed by atoms with van der Waals surface area (Å²) in [7, 11) is 0. The fourth-order valence-electron chi connectivity index (χ4n) is 5.37. The third-order valence-corrected chi connectivity index (χ3v) is 7.07. The molecule has 2 aliphatic rings. The third kappa shape index (κ3) is 3.90. The molecule has 202 valence electrons. The van der Waals surface area contributed by atoms with Gasteiger partial charge in [-0.3, -0.25) is 0 Å². The molecule has 0 spiro atoms. The first-order valence-electron chi connectivity index (χ1n) is 12.1. The van der Waals surface area contributed by atoms with Crippen LogP contribution in [0.5, 0.6) is 0 Å². The molecular formula is C33H7F4N7. The normalized spacial score (nSPS) is 12.6. The number of nitrogens with zero attached hydrogens (tertiary/aromatic N) is 7. The third-order valence-electron chi connectivity index (χ3n) is 7.07. The Bertz CT molecular complexity index is 2310. The summed E-state index contributed by atoms with van der Waals surface area (Å²) in [5, 5.41) is 70.4. The lowest BCUT2D eigenvalue weighted by Crippen LogP contribution is -2.01. The van der Waals surface area contributed by atoms with Crippen molar-refractivity contribution in [2.75, 3.05) is 0 Å². The molecule has 7 nitrogen and oxygen atoms in total. The first-order chi connectivity index (χ1) is 21.2. The highest BCUT2D eigenvalue weighted by Crippen LogP contribution is 2.56. The predicted molar refractivity (Wildman–Crippen MR) is 145 cm³/mol. The van der Waals surface area contributed by atoms with Crippen LogP contribution in [0.4, 0.5) is 17.6 Å². The number of hydrogen-bond acceptors (Lipinski definition) is 7. The highest BCUT2D eigenvalue weighted by atomic mass is 19.2. The van der Waals surface area contributed by atoms with Crippen LogP contribution < -0.4 is 0 Å². The molecule has 0 aliphatic heterocycles. The van der Waals surface area contributed by atoms with E-state index in [-0.39, 0.29) is 72.4 Å². The van der Waals surface area contributed by atoms with Crippen molar-refractivity contribution in [3.8, 4) is 42.5 Å². The fraction of sp³-hybridized carbons (Fsp3) is 0. The van der Waals surface area contributed by atoms with Crippen molar-refractivity contribution in [1.82, 2.24) is 0 Å². The Labute approximate surface area is 246 Å². The molecule has 44 heavy (non-hydrogen) atoms. The summed E-state index contributed by atoms with van der Waals surface area (Å²) in [5.74, 6) is -5.03. The SMILES string of the molecule is N#CC(C#N)=C1C(c2ccc(F)c(F)c2)=C(C#N)c2c1cc1c(c2C#N)C(=C(C#N)C#N)C(c2ccc(F)c(F)c2)=C1C#N. The number of nitriles is 7. The zero-order valence-electron chi connectivity index (χ0n) is 21.7. The van der Waals surface area contributed by atoms with Crippen LogP contribution in [0.15, 0.2) is 53.6 Å². The van der Waals surface area contributed by atoms with Gasteiger partial charge in [0.1, 0.15) is 53.6 Å². The molecule has 0 amide bonds. The molecule has 0 saturated heterocycles. The Morgan fingerprint density at radius 1 is 0.477 bits per heavy atom. The van der Waals surface area contributed by atoms with Gasteiger partial charge in [-0.2, -0.15) is 36.8 Å². The van der Waals surface area contributed by atoms with Crippen molar-refractivity contribution in [2.45, 2.75) is 0 Å². The van der Waals surface area contributed by atoms with Gasteiger partial charge < -0.3 is 0 Å². The van der Waals surface area contributed by atoms with Gasteiger partial charge in [0.05, 0.1) is 16.7 Å². The van der Waals surface area contributed by atoms with Crippen LogP contribution in [0, 0.1) is 103 Å². The van der Waals surface area contributed by atoms with E-state index in [9.17, 15) is 54.4 Å². The highest BCUT2D eigenvalue weighted by molar-refractivity contribution is 6.31. The van der Waals surface area contributed by atoms with Gasteiger partial charge in [-0.25, -0.2) is 17.6 Å². The number of fused-ring (bicyclic) bond motifs is 2. The summed E-state index contributed by atoms with van der Waals surface area (Å²) in [4.78, 5) is 0. The molecule has 3 aromatic rings. The molecule has 0 aromatic heterocycles. The van der Waals surface area contributed by atoms with Gasteiger partial charge in [0.25, 0.3) is 0 Å². The second-order valence-electron chi connectivity index (χ2n) is 9.14. The number of halogens is 4. The van der Waals surface area contributed by atoms with Crippen LogP contribution in [-0.2, 0) is 0 Å². The molecule has 0 N–H and O–H groups in total. The average Bonchev–Trinajstić information content (AvgIpc) is 3.53. The molecular weight excluding hydrogens is 570 g/mol. The predicted octanol–water partition coefficient (Wildman–Crippen LogP) is 6.61. The first-order valence-corrected chi connectivity index (χ1v) is 12.1. The molecule has 0 atom stereocenters. The minimum absolute atomic E-state index is 0.0659. The summed E-state index contributed by atoms with van der Waals surface area (Å²) in [5.41, 5.74) is -3.61. The second-order valence-corrected chi connectivity index (χ2v) is 9.14. The number of hydrogen-bond donors (Lipinski definition) is 0. The van der Waals surface area contributed by atoms with E-state index in [0.717, 1.165) is 36.4 Å². The van der Waals surface area contributed by atoms with Crippen LogP contribution in [0.1, 0.15) is 38.9 Å². The van der Waals surface area contributed by atoms with E-state index in [0.29, 0.717) is 0 Å². The van der Waals surface area contributed by atoms with E-state index in [2.05, 4.69) is 0 Å². The van der Waals surface area contributed by atoms with Crippen LogP contribution in [0.25, 0.3) is 33.4 Å². The Hall–Kier alpha value is -7.23. The van der Waals surface area contributed by atoms with Crippen molar-refractivity contribution in [3.05, 3.63) is 116 Å². The largest absolute Gasteiger partial charge is 0.204 e. The molecule has 0 heterocycles. The quantitative estimate of drug-likeness (QED) is 0.244. The van der Waals surface area contributed by atoms with Crippen molar-refractivity contribution in [3.63, 3.8) is 0 Å². The van der Waals surface area contributed by atoms with Crippen LogP contribution in [0.2, 0.25) is 0 Å². The van der Waals surface area contributed by atoms with E-state index in [1.165, 1.54) is 6.07 Å². The minimum atomic E-state index is -1.30. The van der Waals surface area contributed by atoms with Crippen molar-refractivity contribution in [1.29, 1.82) is 36.8 Å². The smallest absolute Gasteiger partial charge is 0.159 e. The van der Waals surface area contributed by atoms with Crippen LogP contribution >= 0.6 is 0 Å². The van der Waals surface area contributed by atoms with Gasteiger partial charge >= 0.3 is 0 Å². The molecule has 3 aromatic carbocycles. The molecule has 0 saturated carbocycles. The Morgan fingerprint density at radius 2 is 0.955 bits per heavy atom. The molecule has 2 aliphatic carbocycles. The van der Waals surface area contributed by atoms with E-state index in [4.69, 9.17) is 0 Å². The summed E-state index contributed by atoms with van der Waals surface area (Å²) in [6, 6.07) is 19.0. The van der Waals surface area contributed by atoms with Crippen LogP contribution in [0.3, 0.4) is 0 Å². The minimum Gasteiger partial charge on any atom is -0.204 e. The van der Waals surface area contributed by atoms with Crippen molar-refractivity contribution >= 4 is 33.4 Å². The van der Waals surface area contributed by atoms with Gasteiger partial charge in [0.15, 0.2) is 23.3 Å². The Balaban J connectivity index is 2.02. The summed E-state index contributed by atoms with van der Waals surface area (Å²) in [6.07, 6.45) is 0. The lowest BCUT2D eigenvalue weighted by molar-refractivity contribution is 0.508. The monoisotopic (exact) mass is 577 g/mol. The van der Waals surface area contributed by atoms with E-state index < -0.39 is 34.4 Å². The lowest BCUT2D eigenvalue weighted by Gasteiger charge is -2.13. The summed E-state index contributed by atoms with van der Waals surface area (Å²) < 4.78 is 56.4. The summed E-state index contributed by atoms with van der Waals surface area (Å²) in [6.45, 7) is 0. The molecule has 0 bridgehead atoms. The number of allylic oxidation sites excluding steroid dienone is 8. The average molecular weight is 577 g/mol. The zero-order valence-corrected chi connectivity index (χ0v) is 21.7. The highest BCUT2D eigenvalue weighted by Gasteiger charge is 2.40. The van der Waals surface area contributed by atoms with Crippen molar-refractivity contribution < 1.29 is 17.6 Å². The Kier molecular flexibility index (Phi) is 6.84. The van der Waals surface area contributed by atoms with Crippen LogP contribution in [-0.4, -0.2) is 0 Å². The first kappa shape index (κ1) is 28.3. The van der Waals surface area contributed by atoms with Crippen molar-refractivity contribution in [2.24, 2.45) is 0 Å². The Morgan fingerprint density at radius 3 is 1.39 bits per heavy atom. The van der Waals surface area contributed by atoms with Gasteiger partial charge in [-0.1, -0.05) is 12.1 Å².